The molecule has 3 saturated heterocycles. The maximum Gasteiger partial charge on any atom is 0.246 e. The monoisotopic (exact) mass is 868 g/mol. The first-order chi connectivity index (χ1) is 29.4. The number of halogens is 1. The Morgan fingerprint density at radius 2 is 1.64 bits per heavy atom. The molecule has 1 unspecified atom stereocenters. The number of fused-ring (bicyclic) bond motifs is 1. The molecular weight excluding hydrogens is 815 g/mol. The number of imide groups is 1. The molecule has 61 heavy (non-hydrogen) atoms. The summed E-state index contributed by atoms with van der Waals surface area (Å²) in [5, 5.41) is 11.0. The summed E-state index contributed by atoms with van der Waals surface area (Å²) in [7, 11) is 0.657. The fraction of sp³-hybridized carbons (Fsp3) is 0.432. The Hall–Kier alpha value is -5.21. The van der Waals surface area contributed by atoms with Crippen molar-refractivity contribution in [2.75, 3.05) is 94.2 Å². The van der Waals surface area contributed by atoms with Crippen molar-refractivity contribution in [2.24, 2.45) is 0 Å². The topological polar surface area (TPSA) is 156 Å². The minimum atomic E-state index is -2.55. The first kappa shape index (κ1) is 42.5. The molecule has 17 heteroatoms. The van der Waals surface area contributed by atoms with Crippen molar-refractivity contribution in [1.82, 2.24) is 29.6 Å². The van der Waals surface area contributed by atoms with Gasteiger partial charge in [0.25, 0.3) is 0 Å². The maximum atomic E-state index is 13.4. The van der Waals surface area contributed by atoms with E-state index in [9.17, 15) is 18.9 Å². The van der Waals surface area contributed by atoms with Gasteiger partial charge in [0.2, 0.25) is 23.7 Å². The zero-order valence-electron chi connectivity index (χ0n) is 35.2. The highest BCUT2D eigenvalue weighted by atomic mass is 35.5. The van der Waals surface area contributed by atoms with Crippen LogP contribution in [0.5, 0.6) is 5.75 Å². The van der Waals surface area contributed by atoms with Crippen LogP contribution in [-0.2, 0) is 32.0 Å². The second kappa shape index (κ2) is 18.0. The molecule has 8 rings (SSSR count). The molecule has 1 aromatic heterocycles. The number of benzene rings is 3. The summed E-state index contributed by atoms with van der Waals surface area (Å²) < 4.78 is 18.7. The van der Waals surface area contributed by atoms with E-state index >= 15 is 0 Å². The van der Waals surface area contributed by atoms with E-state index < -0.39 is 7.14 Å². The second-order valence-corrected chi connectivity index (χ2v) is 20.2. The molecule has 1 atom stereocenters. The number of hydrogen-bond donors (Lipinski definition) is 3. The molecule has 5 heterocycles. The number of para-hydroxylation sites is 1. The number of nitrogens with zero attached hydrogens (tertiary/aromatic N) is 7. The zero-order valence-corrected chi connectivity index (χ0v) is 36.8. The summed E-state index contributed by atoms with van der Waals surface area (Å²) in [6.45, 7) is 9.85. The first-order valence-electron chi connectivity index (χ1n) is 20.9. The molecule has 0 aliphatic carbocycles. The van der Waals surface area contributed by atoms with Crippen LogP contribution >= 0.6 is 18.7 Å². The normalized spacial score (nSPS) is 19.2. The number of carbonyl (C=O) groups excluding carboxylic acids is 3. The number of ether oxygens (including phenoxy) is 1. The van der Waals surface area contributed by atoms with Crippen LogP contribution in [0, 0.1) is 0 Å². The van der Waals surface area contributed by atoms with Gasteiger partial charge in [-0.05, 0) is 74.1 Å². The predicted molar refractivity (Wildman–Crippen MR) is 240 cm³/mol. The minimum absolute atomic E-state index is 0.0861. The van der Waals surface area contributed by atoms with Crippen LogP contribution < -0.4 is 30.9 Å². The van der Waals surface area contributed by atoms with E-state index in [1.807, 2.05) is 53.4 Å². The third-order valence-electron chi connectivity index (χ3n) is 12.4. The summed E-state index contributed by atoms with van der Waals surface area (Å²) in [6.07, 6.45) is 4.49. The Balaban J connectivity index is 0.806. The molecule has 3 fully saturated rings. The number of rotatable bonds is 12. The molecule has 3 N–H and O–H groups in total. The van der Waals surface area contributed by atoms with Crippen molar-refractivity contribution >= 4 is 76.3 Å². The van der Waals surface area contributed by atoms with Crippen LogP contribution in [0.1, 0.15) is 36.8 Å². The summed E-state index contributed by atoms with van der Waals surface area (Å²) in [5.41, 5.74) is 5.66. The molecule has 0 spiro atoms. The molecule has 4 aliphatic rings. The highest BCUT2D eigenvalue weighted by molar-refractivity contribution is 7.70. The molecule has 3 amide bonds. The number of amides is 3. The molecular formula is C44H54ClN10O5P. The lowest BCUT2D eigenvalue weighted by Crippen LogP contribution is -2.55. The van der Waals surface area contributed by atoms with E-state index in [1.165, 1.54) is 11.1 Å². The molecule has 15 nitrogen and oxygen atoms in total. The van der Waals surface area contributed by atoms with Crippen molar-refractivity contribution in [3.8, 4) is 5.75 Å². The van der Waals surface area contributed by atoms with Gasteiger partial charge in [-0.2, -0.15) is 4.98 Å². The number of piperazine rings is 1. The minimum Gasteiger partial charge on any atom is -0.494 e. The van der Waals surface area contributed by atoms with Crippen molar-refractivity contribution in [2.45, 2.75) is 50.9 Å². The van der Waals surface area contributed by atoms with E-state index in [1.54, 1.807) is 27.5 Å². The molecule has 3 aromatic carbocycles. The summed E-state index contributed by atoms with van der Waals surface area (Å²) in [4.78, 5) is 57.6. The highest BCUT2D eigenvalue weighted by Crippen LogP contribution is 2.39. The smallest absolute Gasteiger partial charge is 0.246 e. The number of methoxy groups -OCH3 is 1. The van der Waals surface area contributed by atoms with Crippen LogP contribution in [-0.4, -0.2) is 133 Å². The number of likely N-dealkylation sites (N-methyl/N-ethyl adjacent to an activating group) is 1. The van der Waals surface area contributed by atoms with Crippen LogP contribution in [0.4, 0.5) is 34.5 Å². The average molecular weight is 869 g/mol. The number of hydrogen-bond acceptors (Lipinski definition) is 13. The van der Waals surface area contributed by atoms with Crippen molar-refractivity contribution in [3.63, 3.8) is 0 Å². The molecule has 322 valence electrons. The van der Waals surface area contributed by atoms with Gasteiger partial charge in [0.05, 0.1) is 37.3 Å². The van der Waals surface area contributed by atoms with Gasteiger partial charge in [0, 0.05) is 94.6 Å². The molecule has 0 saturated carbocycles. The fourth-order valence-corrected chi connectivity index (χ4v) is 10.3. The predicted octanol–water partition coefficient (Wildman–Crippen LogP) is 5.56. The Morgan fingerprint density at radius 3 is 2.39 bits per heavy atom. The van der Waals surface area contributed by atoms with Gasteiger partial charge in [0.1, 0.15) is 17.9 Å². The van der Waals surface area contributed by atoms with E-state index in [-0.39, 0.29) is 30.3 Å². The van der Waals surface area contributed by atoms with Crippen LogP contribution in [0.2, 0.25) is 5.02 Å². The molecule has 4 aromatic rings. The maximum absolute atomic E-state index is 13.4. The third-order valence-corrected chi connectivity index (χ3v) is 14.3. The first-order valence-corrected chi connectivity index (χ1v) is 23.9. The van der Waals surface area contributed by atoms with Crippen molar-refractivity contribution in [3.05, 3.63) is 83.0 Å². The summed E-state index contributed by atoms with van der Waals surface area (Å²) in [5.74, 6) is 1.21. The van der Waals surface area contributed by atoms with Gasteiger partial charge >= 0.3 is 0 Å². The van der Waals surface area contributed by atoms with Crippen LogP contribution in [0.25, 0.3) is 0 Å². The number of nitrogens with one attached hydrogen (secondary N) is 3. The van der Waals surface area contributed by atoms with Gasteiger partial charge in [-0.15, -0.1) is 0 Å². The number of likely N-dealkylation sites (tertiary alicyclic amines) is 1. The Bertz CT molecular complexity index is 2350. The Morgan fingerprint density at radius 1 is 0.885 bits per heavy atom. The molecule has 0 bridgehead atoms. The van der Waals surface area contributed by atoms with Crippen LogP contribution in [0.15, 0.2) is 66.9 Å². The lowest BCUT2D eigenvalue weighted by molar-refractivity contribution is -0.151. The Labute approximate surface area is 362 Å². The van der Waals surface area contributed by atoms with E-state index in [2.05, 4.69) is 52.8 Å². The van der Waals surface area contributed by atoms with E-state index in [0.29, 0.717) is 84.3 Å². The molecule has 0 radical (unpaired) electrons. The molecule has 4 aliphatic heterocycles. The highest BCUT2D eigenvalue weighted by Gasteiger charge is 2.38. The lowest BCUT2D eigenvalue weighted by Gasteiger charge is -2.43. The van der Waals surface area contributed by atoms with Crippen molar-refractivity contribution in [1.29, 1.82) is 0 Å². The number of anilines is 6. The van der Waals surface area contributed by atoms with E-state index in [4.69, 9.17) is 16.3 Å². The largest absolute Gasteiger partial charge is 0.494 e. The fourth-order valence-electron chi connectivity index (χ4n) is 8.97. The average Bonchev–Trinajstić information content (AvgIpc) is 3.71. The number of aromatic nitrogens is 2. The number of piperidine rings is 2. The standard InChI is InChI=1S/C44H54ClN10O5P/c1-51-40(56)15-14-37(43(51)58)55-27-29-8-7-10-34(32(29)28-55)46-26-41(57)54-22-20-53(21-23-54)30-16-18-52(19-17-30)31-12-13-35(38(24-31)60-2)49-44-47-25-33(45)42(50-44)48-36-9-5-6-11-39(36)61(3,4)59/h5-13,24-25,30,37,46H,14-23,26-28H2,1-4H3,(H2,47,48,49,50). The lowest BCUT2D eigenvalue weighted by atomic mass is 10.0. The quantitative estimate of drug-likeness (QED) is 0.120. The van der Waals surface area contributed by atoms with Gasteiger partial charge in [-0.25, -0.2) is 4.98 Å². The number of carbonyl (C=O) groups is 3. The summed E-state index contributed by atoms with van der Waals surface area (Å²) in [6, 6.07) is 19.7. The summed E-state index contributed by atoms with van der Waals surface area (Å²) >= 11 is 6.48. The SMILES string of the molecule is COc1cc(N2CCC(N3CCN(C(=O)CNc4cccc5c4CN(C4CCC(=O)N(C)C4=O)C5)CC3)CC2)ccc1Nc1ncc(Cl)c(Nc2ccccc2P(C)(C)=O)n1. The van der Waals surface area contributed by atoms with Gasteiger partial charge in [-0.1, -0.05) is 35.9 Å². The second-order valence-electron chi connectivity index (χ2n) is 16.6. The van der Waals surface area contributed by atoms with Crippen LogP contribution in [0.3, 0.4) is 0 Å². The van der Waals surface area contributed by atoms with Gasteiger partial charge in [-0.3, -0.25) is 29.1 Å². The van der Waals surface area contributed by atoms with Crippen molar-refractivity contribution < 1.29 is 23.7 Å². The third kappa shape index (κ3) is 9.35. The van der Waals surface area contributed by atoms with Gasteiger partial charge < -0.3 is 35.1 Å². The van der Waals surface area contributed by atoms with Gasteiger partial charge in [0.15, 0.2) is 5.82 Å². The zero-order chi connectivity index (χ0) is 42.8. The van der Waals surface area contributed by atoms with E-state index in [0.717, 1.165) is 61.5 Å². The Kier molecular flexibility index (Phi) is 12.5.